The van der Waals surface area contributed by atoms with Crippen molar-refractivity contribution < 1.29 is 0 Å². The van der Waals surface area contributed by atoms with E-state index in [0.29, 0.717) is 12.5 Å². The lowest BCUT2D eigenvalue weighted by molar-refractivity contribution is 0.163. The fourth-order valence-corrected chi connectivity index (χ4v) is 3.96. The molecule has 1 aliphatic rings. The third kappa shape index (κ3) is 5.47. The molecule has 0 saturated carbocycles. The molecule has 0 atom stereocenters. The fraction of sp³-hybridized carbons (Fsp3) is 0.304. The van der Waals surface area contributed by atoms with Gasteiger partial charge >= 0.3 is 0 Å². The highest BCUT2D eigenvalue weighted by Crippen LogP contribution is 2.21. The van der Waals surface area contributed by atoms with Crippen LogP contribution in [0.4, 0.5) is 0 Å². The number of benzene rings is 2. The molecule has 2 heterocycles. The van der Waals surface area contributed by atoms with E-state index in [4.69, 9.17) is 11.6 Å². The van der Waals surface area contributed by atoms with Crippen molar-refractivity contribution in [1.82, 2.24) is 14.7 Å². The molecule has 2 aromatic carbocycles. The van der Waals surface area contributed by atoms with Crippen LogP contribution in [0.15, 0.2) is 71.7 Å². The second-order valence-electron chi connectivity index (χ2n) is 7.44. The molecule has 6 heteroatoms. The van der Waals surface area contributed by atoms with Crippen LogP contribution in [0.3, 0.4) is 0 Å². The first-order chi connectivity index (χ1) is 13.7. The van der Waals surface area contributed by atoms with Crippen LogP contribution in [-0.2, 0) is 13.1 Å². The van der Waals surface area contributed by atoms with Crippen LogP contribution in [0.2, 0.25) is 5.02 Å². The Morgan fingerprint density at radius 3 is 2.34 bits per heavy atom. The Hall–Kier alpha value is -2.14. The van der Waals surface area contributed by atoms with Crippen molar-refractivity contribution in [2.24, 2.45) is 5.92 Å². The molecule has 1 saturated heterocycles. The smallest absolute Gasteiger partial charge is 0.274 e. The number of likely N-dealkylation sites (tertiary alicyclic amines) is 1. The van der Waals surface area contributed by atoms with Gasteiger partial charge in [0, 0.05) is 24.3 Å². The lowest BCUT2D eigenvalue weighted by Gasteiger charge is -2.32. The van der Waals surface area contributed by atoms with E-state index in [1.54, 1.807) is 10.9 Å². The van der Waals surface area contributed by atoms with Crippen molar-refractivity contribution in [3.63, 3.8) is 0 Å². The molecular formula is C23H25Cl2N3O. The summed E-state index contributed by atoms with van der Waals surface area (Å²) in [6.45, 7) is 3.72. The van der Waals surface area contributed by atoms with E-state index in [9.17, 15) is 4.79 Å². The predicted molar refractivity (Wildman–Crippen MR) is 121 cm³/mol. The monoisotopic (exact) mass is 429 g/mol. The van der Waals surface area contributed by atoms with E-state index in [-0.39, 0.29) is 18.0 Å². The lowest BCUT2D eigenvalue weighted by atomic mass is 9.96. The second kappa shape index (κ2) is 10.1. The first kappa shape index (κ1) is 21.6. The van der Waals surface area contributed by atoms with Crippen LogP contribution in [0, 0.1) is 5.92 Å². The van der Waals surface area contributed by atoms with Crippen molar-refractivity contribution in [3.05, 3.63) is 87.8 Å². The van der Waals surface area contributed by atoms with Gasteiger partial charge in [-0.15, -0.1) is 12.4 Å². The molecule has 1 aliphatic heterocycles. The van der Waals surface area contributed by atoms with Gasteiger partial charge in [-0.1, -0.05) is 54.1 Å². The summed E-state index contributed by atoms with van der Waals surface area (Å²) in [5, 5.41) is 5.11. The van der Waals surface area contributed by atoms with E-state index in [0.717, 1.165) is 48.6 Å². The average Bonchev–Trinajstić information content (AvgIpc) is 2.73. The Bertz CT molecular complexity index is 965. The van der Waals surface area contributed by atoms with Crippen LogP contribution in [0.25, 0.3) is 11.1 Å². The van der Waals surface area contributed by atoms with Crippen LogP contribution in [0.5, 0.6) is 0 Å². The van der Waals surface area contributed by atoms with Crippen molar-refractivity contribution >= 4 is 24.0 Å². The molecule has 3 aromatic rings. The van der Waals surface area contributed by atoms with Crippen LogP contribution in [0.1, 0.15) is 18.4 Å². The number of aromatic nitrogens is 2. The fourth-order valence-electron chi connectivity index (χ4n) is 3.84. The summed E-state index contributed by atoms with van der Waals surface area (Å²) in [6, 6.07) is 19.7. The van der Waals surface area contributed by atoms with Gasteiger partial charge in [0.05, 0.1) is 5.56 Å². The highest BCUT2D eigenvalue weighted by Gasteiger charge is 2.21. The molecule has 4 nitrogen and oxygen atoms in total. The number of halogens is 2. The van der Waals surface area contributed by atoms with Gasteiger partial charge in [0.15, 0.2) is 0 Å². The maximum absolute atomic E-state index is 12.9. The zero-order valence-electron chi connectivity index (χ0n) is 16.2. The minimum absolute atomic E-state index is 0. The summed E-state index contributed by atoms with van der Waals surface area (Å²) in [4.78, 5) is 15.3. The third-order valence-electron chi connectivity index (χ3n) is 5.45. The van der Waals surface area contributed by atoms with Gasteiger partial charge in [-0.25, -0.2) is 4.68 Å². The van der Waals surface area contributed by atoms with Crippen molar-refractivity contribution in [3.8, 4) is 11.1 Å². The number of rotatable bonds is 5. The van der Waals surface area contributed by atoms with E-state index in [1.165, 1.54) is 5.56 Å². The van der Waals surface area contributed by atoms with Gasteiger partial charge < -0.3 is 0 Å². The highest BCUT2D eigenvalue weighted by molar-refractivity contribution is 6.30. The Labute approximate surface area is 182 Å². The van der Waals surface area contributed by atoms with Gasteiger partial charge in [-0.05, 0) is 61.2 Å². The molecule has 0 radical (unpaired) electrons. The van der Waals surface area contributed by atoms with Gasteiger partial charge in [0.25, 0.3) is 5.56 Å². The standard InChI is InChI=1S/C23H24ClN3O.ClH/c24-21-8-6-18(7-9-21)16-26-14-11-19(12-15-26)17-27-23(28)22(10-13-25-27)20-4-2-1-3-5-20;/h1-10,13,19H,11-12,14-17H2;1H. The summed E-state index contributed by atoms with van der Waals surface area (Å²) in [7, 11) is 0. The third-order valence-corrected chi connectivity index (χ3v) is 5.71. The molecule has 0 bridgehead atoms. The van der Waals surface area contributed by atoms with Crippen molar-refractivity contribution in [2.45, 2.75) is 25.9 Å². The molecule has 29 heavy (non-hydrogen) atoms. The van der Waals surface area contributed by atoms with E-state index >= 15 is 0 Å². The van der Waals surface area contributed by atoms with Crippen LogP contribution < -0.4 is 5.56 Å². The molecule has 4 rings (SSSR count). The summed E-state index contributed by atoms with van der Waals surface area (Å²) < 4.78 is 1.64. The van der Waals surface area contributed by atoms with Gasteiger partial charge in [-0.2, -0.15) is 5.10 Å². The Balaban J connectivity index is 0.00000240. The zero-order valence-corrected chi connectivity index (χ0v) is 17.8. The molecule has 1 fully saturated rings. The SMILES string of the molecule is Cl.O=c1c(-c2ccccc2)ccnn1CC1CCN(Cc2ccc(Cl)cc2)CC1. The maximum Gasteiger partial charge on any atom is 0.274 e. The van der Waals surface area contributed by atoms with Gasteiger partial charge in [0.2, 0.25) is 0 Å². The number of hydrogen-bond donors (Lipinski definition) is 0. The van der Waals surface area contributed by atoms with Gasteiger partial charge in [0.1, 0.15) is 0 Å². The quantitative estimate of drug-likeness (QED) is 0.578. The molecule has 0 aliphatic carbocycles. The van der Waals surface area contributed by atoms with Crippen LogP contribution >= 0.6 is 24.0 Å². The molecule has 1 aromatic heterocycles. The minimum atomic E-state index is -0.00251. The highest BCUT2D eigenvalue weighted by atomic mass is 35.5. The molecule has 0 amide bonds. The molecular weight excluding hydrogens is 405 g/mol. The predicted octanol–water partition coefficient (Wildman–Crippen LogP) is 4.90. The Kier molecular flexibility index (Phi) is 7.48. The number of hydrogen-bond acceptors (Lipinski definition) is 3. The lowest BCUT2D eigenvalue weighted by Crippen LogP contribution is -2.36. The Morgan fingerprint density at radius 2 is 1.66 bits per heavy atom. The largest absolute Gasteiger partial charge is 0.299 e. The van der Waals surface area contributed by atoms with E-state index in [2.05, 4.69) is 22.1 Å². The number of piperidine rings is 1. The molecule has 0 spiro atoms. The first-order valence-electron chi connectivity index (χ1n) is 9.77. The maximum atomic E-state index is 12.9. The normalized spacial score (nSPS) is 15.1. The topological polar surface area (TPSA) is 38.1 Å². The second-order valence-corrected chi connectivity index (χ2v) is 7.88. The van der Waals surface area contributed by atoms with E-state index < -0.39 is 0 Å². The molecule has 0 N–H and O–H groups in total. The van der Waals surface area contributed by atoms with Gasteiger partial charge in [-0.3, -0.25) is 9.69 Å². The average molecular weight is 430 g/mol. The summed E-state index contributed by atoms with van der Waals surface area (Å²) in [5.41, 5.74) is 2.95. The molecule has 0 unspecified atom stereocenters. The molecule has 152 valence electrons. The van der Waals surface area contributed by atoms with Crippen LogP contribution in [-0.4, -0.2) is 27.8 Å². The summed E-state index contributed by atoms with van der Waals surface area (Å²) in [6.07, 6.45) is 3.90. The number of nitrogens with zero attached hydrogens (tertiary/aromatic N) is 3. The summed E-state index contributed by atoms with van der Waals surface area (Å²) >= 11 is 5.97. The van der Waals surface area contributed by atoms with E-state index in [1.807, 2.05) is 48.5 Å². The first-order valence-corrected chi connectivity index (χ1v) is 10.2. The summed E-state index contributed by atoms with van der Waals surface area (Å²) in [5.74, 6) is 0.484. The minimum Gasteiger partial charge on any atom is -0.299 e. The van der Waals surface area contributed by atoms with Crippen molar-refractivity contribution in [2.75, 3.05) is 13.1 Å². The zero-order chi connectivity index (χ0) is 19.3. The Morgan fingerprint density at radius 1 is 0.966 bits per heavy atom. The van der Waals surface area contributed by atoms with Crippen molar-refractivity contribution in [1.29, 1.82) is 0 Å².